The van der Waals surface area contributed by atoms with Gasteiger partial charge in [-0.05, 0) is 31.2 Å². The minimum absolute atomic E-state index is 0.0116. The Hall–Kier alpha value is -2.78. The number of aryl methyl sites for hydroxylation is 1. The van der Waals surface area contributed by atoms with E-state index in [-0.39, 0.29) is 12.2 Å². The minimum Gasteiger partial charge on any atom is -0.481 e. The number of benzene rings is 1. The molecule has 8 nitrogen and oxygen atoms in total. The van der Waals surface area contributed by atoms with Crippen LogP contribution in [0.15, 0.2) is 29.6 Å². The molecule has 0 atom stereocenters. The molecule has 0 aliphatic carbocycles. The molecule has 3 aromatic rings. The highest BCUT2D eigenvalue weighted by Crippen LogP contribution is 2.17. The molecular formula is C15H12ClN5O3S. The molecule has 1 aromatic carbocycles. The number of halogens is 1. The van der Waals surface area contributed by atoms with Crippen LogP contribution in [0.3, 0.4) is 0 Å². The molecule has 0 saturated heterocycles. The molecule has 128 valence electrons. The molecule has 2 N–H and O–H groups in total. The van der Waals surface area contributed by atoms with E-state index < -0.39 is 11.9 Å². The average Bonchev–Trinajstić information content (AvgIpc) is 3.14. The molecule has 0 aliphatic rings. The molecule has 1 amide bonds. The van der Waals surface area contributed by atoms with E-state index in [1.165, 1.54) is 4.68 Å². The predicted octanol–water partition coefficient (Wildman–Crippen LogP) is 2.57. The number of nitrogens with zero attached hydrogens (tertiary/aromatic N) is 4. The number of carboxylic acid groups (broad SMARTS) is 1. The Labute approximate surface area is 151 Å². The first-order chi connectivity index (χ1) is 11.9. The average molecular weight is 378 g/mol. The van der Waals surface area contributed by atoms with Gasteiger partial charge in [0.15, 0.2) is 5.13 Å². The first-order valence-corrected chi connectivity index (χ1v) is 8.35. The van der Waals surface area contributed by atoms with Gasteiger partial charge in [0, 0.05) is 10.4 Å². The van der Waals surface area contributed by atoms with Crippen molar-refractivity contribution in [2.75, 3.05) is 5.32 Å². The lowest BCUT2D eigenvalue weighted by molar-refractivity contribution is -0.136. The maximum Gasteiger partial charge on any atom is 0.309 e. The number of amides is 1. The summed E-state index contributed by atoms with van der Waals surface area (Å²) in [6.45, 7) is 1.73. The number of hydrogen-bond acceptors (Lipinski definition) is 6. The summed E-state index contributed by atoms with van der Waals surface area (Å²) in [4.78, 5) is 31.1. The largest absolute Gasteiger partial charge is 0.481 e. The smallest absolute Gasteiger partial charge is 0.309 e. The quantitative estimate of drug-likeness (QED) is 0.707. The number of carbonyl (C=O) groups excluding carboxylic acids is 1. The Morgan fingerprint density at radius 3 is 2.68 bits per heavy atom. The highest BCUT2D eigenvalue weighted by Gasteiger charge is 2.17. The molecule has 0 radical (unpaired) electrons. The van der Waals surface area contributed by atoms with Crippen LogP contribution in [-0.2, 0) is 11.2 Å². The van der Waals surface area contributed by atoms with E-state index in [1.54, 1.807) is 36.6 Å². The lowest BCUT2D eigenvalue weighted by Crippen LogP contribution is -2.14. The number of carboxylic acids is 1. The minimum atomic E-state index is -0.984. The summed E-state index contributed by atoms with van der Waals surface area (Å²) in [6.07, 6.45) is -0.199. The number of nitrogens with one attached hydrogen (secondary N) is 1. The van der Waals surface area contributed by atoms with E-state index in [1.807, 2.05) is 0 Å². The molecule has 0 spiro atoms. The van der Waals surface area contributed by atoms with Crippen LogP contribution in [0.5, 0.6) is 0 Å². The maximum absolute atomic E-state index is 12.3. The number of aliphatic carboxylic acids is 1. The fraction of sp³-hybridized carbons (Fsp3) is 0.133. The Bertz CT molecular complexity index is 935. The maximum atomic E-state index is 12.3. The normalized spacial score (nSPS) is 10.6. The van der Waals surface area contributed by atoms with Gasteiger partial charge in [-0.25, -0.2) is 14.6 Å². The predicted molar refractivity (Wildman–Crippen MR) is 92.5 cm³/mol. The van der Waals surface area contributed by atoms with Crippen molar-refractivity contribution in [1.29, 1.82) is 0 Å². The van der Waals surface area contributed by atoms with Crippen molar-refractivity contribution in [2.24, 2.45) is 0 Å². The van der Waals surface area contributed by atoms with Gasteiger partial charge in [-0.1, -0.05) is 11.6 Å². The number of aromatic nitrogens is 4. The van der Waals surface area contributed by atoms with Crippen molar-refractivity contribution in [3.05, 3.63) is 52.0 Å². The molecule has 3 rings (SSSR count). The number of anilines is 1. The van der Waals surface area contributed by atoms with Crippen LogP contribution in [-0.4, -0.2) is 36.7 Å². The zero-order chi connectivity index (χ0) is 18.0. The second kappa shape index (κ2) is 6.99. The van der Waals surface area contributed by atoms with E-state index in [2.05, 4.69) is 20.4 Å². The molecule has 2 heterocycles. The molecule has 0 saturated carbocycles. The van der Waals surface area contributed by atoms with Crippen molar-refractivity contribution >= 4 is 39.9 Å². The van der Waals surface area contributed by atoms with Gasteiger partial charge >= 0.3 is 5.97 Å². The van der Waals surface area contributed by atoms with Crippen molar-refractivity contribution in [1.82, 2.24) is 19.7 Å². The zero-order valence-corrected chi connectivity index (χ0v) is 14.5. The fourth-order valence-electron chi connectivity index (χ4n) is 2.07. The van der Waals surface area contributed by atoms with Crippen molar-refractivity contribution in [3.8, 4) is 5.69 Å². The molecule has 0 fully saturated rings. The molecule has 10 heteroatoms. The van der Waals surface area contributed by atoms with E-state index in [9.17, 15) is 9.59 Å². The summed E-state index contributed by atoms with van der Waals surface area (Å²) in [6, 6.07) is 6.98. The highest BCUT2D eigenvalue weighted by molar-refractivity contribution is 7.14. The van der Waals surface area contributed by atoms with Crippen LogP contribution in [0.2, 0.25) is 5.02 Å². The summed E-state index contributed by atoms with van der Waals surface area (Å²) in [7, 11) is 0. The van der Waals surface area contributed by atoms with E-state index >= 15 is 0 Å². The standard InChI is InChI=1S/C15H12ClN5O3S/c1-8-17-13(20-21(8)11-4-2-9(16)3-5-11)14(24)19-15-18-10(7-25-15)6-12(22)23/h2-5,7H,6H2,1H3,(H,22,23)(H,18,19,24). The molecule has 25 heavy (non-hydrogen) atoms. The third kappa shape index (κ3) is 4.01. The molecule has 0 unspecified atom stereocenters. The summed E-state index contributed by atoms with van der Waals surface area (Å²) < 4.78 is 1.53. The van der Waals surface area contributed by atoms with Gasteiger partial charge in [0.1, 0.15) is 5.82 Å². The Balaban J connectivity index is 1.77. The van der Waals surface area contributed by atoms with Crippen LogP contribution in [0.1, 0.15) is 22.1 Å². The van der Waals surface area contributed by atoms with Crippen molar-refractivity contribution in [3.63, 3.8) is 0 Å². The number of rotatable bonds is 5. The van der Waals surface area contributed by atoms with Crippen molar-refractivity contribution < 1.29 is 14.7 Å². The lowest BCUT2D eigenvalue weighted by Gasteiger charge is -2.02. The summed E-state index contributed by atoms with van der Waals surface area (Å²) in [5.41, 5.74) is 1.11. The van der Waals surface area contributed by atoms with Gasteiger partial charge in [-0.15, -0.1) is 16.4 Å². The van der Waals surface area contributed by atoms with Gasteiger partial charge in [-0.3, -0.25) is 14.9 Å². The molecular weight excluding hydrogens is 366 g/mol. The van der Waals surface area contributed by atoms with E-state index in [0.717, 1.165) is 17.0 Å². The van der Waals surface area contributed by atoms with Crippen molar-refractivity contribution in [2.45, 2.75) is 13.3 Å². The van der Waals surface area contributed by atoms with E-state index in [4.69, 9.17) is 16.7 Å². The number of carbonyl (C=O) groups is 2. The Morgan fingerprint density at radius 1 is 1.28 bits per heavy atom. The highest BCUT2D eigenvalue weighted by atomic mass is 35.5. The summed E-state index contributed by atoms with van der Waals surface area (Å²) >= 11 is 7.01. The van der Waals surface area contributed by atoms with Gasteiger partial charge in [-0.2, -0.15) is 0 Å². The van der Waals surface area contributed by atoms with Gasteiger partial charge in [0.25, 0.3) is 5.91 Å². The van der Waals surface area contributed by atoms with Gasteiger partial charge in [0.2, 0.25) is 5.82 Å². The van der Waals surface area contributed by atoms with Gasteiger partial charge < -0.3 is 5.11 Å². The number of thiazole rings is 1. The first-order valence-electron chi connectivity index (χ1n) is 7.09. The third-order valence-electron chi connectivity index (χ3n) is 3.15. The summed E-state index contributed by atoms with van der Waals surface area (Å²) in [5.74, 6) is -0.977. The zero-order valence-electron chi connectivity index (χ0n) is 12.9. The van der Waals surface area contributed by atoms with Crippen LogP contribution in [0.25, 0.3) is 5.69 Å². The van der Waals surface area contributed by atoms with Crippen LogP contribution < -0.4 is 5.32 Å². The summed E-state index contributed by atoms with van der Waals surface area (Å²) in [5, 5.41) is 18.0. The molecule has 0 aliphatic heterocycles. The second-order valence-electron chi connectivity index (χ2n) is 5.04. The van der Waals surface area contributed by atoms with E-state index in [0.29, 0.717) is 21.7 Å². The van der Waals surface area contributed by atoms with Crippen LogP contribution in [0, 0.1) is 6.92 Å². The number of hydrogen-bond donors (Lipinski definition) is 2. The Morgan fingerprint density at radius 2 is 2.00 bits per heavy atom. The SMILES string of the molecule is Cc1nc(C(=O)Nc2nc(CC(=O)O)cs2)nn1-c1ccc(Cl)cc1. The van der Waals surface area contributed by atoms with Gasteiger partial charge in [0.05, 0.1) is 17.8 Å². The topological polar surface area (TPSA) is 110 Å². The third-order valence-corrected chi connectivity index (χ3v) is 4.21. The molecule has 0 bridgehead atoms. The van der Waals surface area contributed by atoms with Crippen LogP contribution >= 0.6 is 22.9 Å². The van der Waals surface area contributed by atoms with Crippen LogP contribution in [0.4, 0.5) is 5.13 Å². The lowest BCUT2D eigenvalue weighted by atomic mass is 10.3. The Kier molecular flexibility index (Phi) is 4.77. The second-order valence-corrected chi connectivity index (χ2v) is 6.33. The monoisotopic (exact) mass is 377 g/mol. The first kappa shape index (κ1) is 17.1. The fourth-order valence-corrected chi connectivity index (χ4v) is 2.90. The molecule has 2 aromatic heterocycles.